The van der Waals surface area contributed by atoms with Crippen LogP contribution in [0, 0.1) is 5.92 Å². The van der Waals surface area contributed by atoms with E-state index < -0.39 is 5.97 Å². The molecule has 1 N–H and O–H groups in total. The highest BCUT2D eigenvalue weighted by Gasteiger charge is 2.07. The molecule has 0 amide bonds. The molecule has 0 aliphatic rings. The highest BCUT2D eigenvalue weighted by atomic mass is 16.5. The summed E-state index contributed by atoms with van der Waals surface area (Å²) in [5, 5.41) is 8.39. The Kier molecular flexibility index (Phi) is 4.86. The second kappa shape index (κ2) is 5.13. The number of aliphatic carboxylic acids is 1. The first kappa shape index (κ1) is 10.4. The van der Waals surface area contributed by atoms with Gasteiger partial charge in [-0.05, 0) is 19.8 Å². The Balaban J connectivity index is 3.37. The smallest absolute Gasteiger partial charge is 0.303 e. The Hall–Kier alpha value is -0.570. The van der Waals surface area contributed by atoms with Gasteiger partial charge in [-0.1, -0.05) is 6.92 Å². The standard InChI is InChI=1S/C8H16O3/c1-6(2)11-5-7(3)4-8(9)10/h6-7H,4-5H2,1-3H3,(H,9,10). The van der Waals surface area contributed by atoms with Crippen LogP contribution in [0.1, 0.15) is 27.2 Å². The summed E-state index contributed by atoms with van der Waals surface area (Å²) in [6.45, 7) is 6.28. The van der Waals surface area contributed by atoms with Crippen LogP contribution in [0.3, 0.4) is 0 Å². The van der Waals surface area contributed by atoms with E-state index in [-0.39, 0.29) is 18.4 Å². The summed E-state index contributed by atoms with van der Waals surface area (Å²) in [6, 6.07) is 0. The molecule has 3 nitrogen and oxygen atoms in total. The number of carbonyl (C=O) groups is 1. The lowest BCUT2D eigenvalue weighted by atomic mass is 10.1. The fourth-order valence-corrected chi connectivity index (χ4v) is 0.714. The van der Waals surface area contributed by atoms with Gasteiger partial charge in [0.15, 0.2) is 0 Å². The summed E-state index contributed by atoms with van der Waals surface area (Å²) in [4.78, 5) is 10.2. The molecule has 0 aliphatic carbocycles. The van der Waals surface area contributed by atoms with E-state index in [2.05, 4.69) is 0 Å². The summed E-state index contributed by atoms with van der Waals surface area (Å²) >= 11 is 0. The zero-order valence-corrected chi connectivity index (χ0v) is 7.33. The third-order valence-corrected chi connectivity index (χ3v) is 1.24. The maximum atomic E-state index is 10.2. The van der Waals surface area contributed by atoms with Crippen molar-refractivity contribution in [3.8, 4) is 0 Å². The van der Waals surface area contributed by atoms with Crippen LogP contribution in [0.4, 0.5) is 0 Å². The maximum Gasteiger partial charge on any atom is 0.303 e. The number of ether oxygens (including phenoxy) is 1. The second-order valence-electron chi connectivity index (χ2n) is 3.09. The van der Waals surface area contributed by atoms with Crippen LogP contribution in [0.5, 0.6) is 0 Å². The zero-order valence-electron chi connectivity index (χ0n) is 7.33. The minimum absolute atomic E-state index is 0.106. The molecule has 0 bridgehead atoms. The minimum atomic E-state index is -0.759. The van der Waals surface area contributed by atoms with E-state index >= 15 is 0 Å². The molecular formula is C8H16O3. The van der Waals surface area contributed by atoms with Crippen molar-refractivity contribution in [2.45, 2.75) is 33.3 Å². The van der Waals surface area contributed by atoms with Crippen LogP contribution in [-0.4, -0.2) is 23.8 Å². The fourth-order valence-electron chi connectivity index (χ4n) is 0.714. The first-order valence-electron chi connectivity index (χ1n) is 3.85. The molecule has 0 aromatic carbocycles. The quantitative estimate of drug-likeness (QED) is 0.663. The molecule has 0 radical (unpaired) electrons. The molecule has 0 saturated heterocycles. The molecule has 0 spiro atoms. The molecule has 0 rings (SSSR count). The van der Waals surface area contributed by atoms with Gasteiger partial charge < -0.3 is 9.84 Å². The molecule has 0 aromatic rings. The molecule has 1 atom stereocenters. The third-order valence-electron chi connectivity index (χ3n) is 1.24. The average Bonchev–Trinajstić information content (AvgIpc) is 1.82. The highest BCUT2D eigenvalue weighted by molar-refractivity contribution is 5.66. The molecule has 66 valence electrons. The summed E-state index contributed by atoms with van der Waals surface area (Å²) in [6.07, 6.45) is 0.374. The summed E-state index contributed by atoms with van der Waals surface area (Å²) < 4.78 is 5.24. The number of hydrogen-bond acceptors (Lipinski definition) is 2. The number of rotatable bonds is 5. The molecule has 11 heavy (non-hydrogen) atoms. The van der Waals surface area contributed by atoms with Gasteiger partial charge in [-0.25, -0.2) is 0 Å². The predicted octanol–water partition coefficient (Wildman–Crippen LogP) is 1.52. The van der Waals surface area contributed by atoms with Crippen LogP contribution in [0.15, 0.2) is 0 Å². The van der Waals surface area contributed by atoms with Gasteiger partial charge in [0.25, 0.3) is 0 Å². The van der Waals surface area contributed by atoms with Crippen LogP contribution in [0.2, 0.25) is 0 Å². The van der Waals surface area contributed by atoms with Crippen molar-refractivity contribution in [1.82, 2.24) is 0 Å². The van der Waals surface area contributed by atoms with Gasteiger partial charge in [0.05, 0.1) is 19.1 Å². The van der Waals surface area contributed by atoms with Gasteiger partial charge in [-0.3, -0.25) is 4.79 Å². The van der Waals surface area contributed by atoms with Gasteiger partial charge in [0.1, 0.15) is 0 Å². The number of carboxylic acid groups (broad SMARTS) is 1. The molecule has 0 heterocycles. The first-order valence-corrected chi connectivity index (χ1v) is 3.85. The Morgan fingerprint density at radius 1 is 1.45 bits per heavy atom. The highest BCUT2D eigenvalue weighted by Crippen LogP contribution is 2.03. The van der Waals surface area contributed by atoms with E-state index in [1.54, 1.807) is 0 Å². The van der Waals surface area contributed by atoms with Crippen LogP contribution >= 0.6 is 0 Å². The molecule has 0 saturated carbocycles. The lowest BCUT2D eigenvalue weighted by Gasteiger charge is -2.11. The Labute approximate surface area is 67.4 Å². The maximum absolute atomic E-state index is 10.2. The monoisotopic (exact) mass is 160 g/mol. The van der Waals surface area contributed by atoms with Crippen molar-refractivity contribution in [1.29, 1.82) is 0 Å². The van der Waals surface area contributed by atoms with Crippen molar-refractivity contribution in [3.63, 3.8) is 0 Å². The second-order valence-corrected chi connectivity index (χ2v) is 3.09. The van der Waals surface area contributed by atoms with E-state index in [0.717, 1.165) is 0 Å². The molecule has 3 heteroatoms. The lowest BCUT2D eigenvalue weighted by molar-refractivity contribution is -0.138. The molecular weight excluding hydrogens is 144 g/mol. The fraction of sp³-hybridized carbons (Fsp3) is 0.875. The van der Waals surface area contributed by atoms with Crippen LogP contribution in [-0.2, 0) is 9.53 Å². The molecule has 0 aliphatic heterocycles. The van der Waals surface area contributed by atoms with Gasteiger partial charge in [-0.2, -0.15) is 0 Å². The van der Waals surface area contributed by atoms with Crippen molar-refractivity contribution in [2.24, 2.45) is 5.92 Å². The predicted molar refractivity (Wildman–Crippen MR) is 42.5 cm³/mol. The van der Waals surface area contributed by atoms with Crippen molar-refractivity contribution in [3.05, 3.63) is 0 Å². The largest absolute Gasteiger partial charge is 0.481 e. The summed E-state index contributed by atoms with van der Waals surface area (Å²) in [5.74, 6) is -0.653. The third kappa shape index (κ3) is 7.33. The number of hydrogen-bond donors (Lipinski definition) is 1. The number of carboxylic acids is 1. The van der Waals surface area contributed by atoms with Crippen molar-refractivity contribution < 1.29 is 14.6 Å². The molecule has 0 fully saturated rings. The van der Waals surface area contributed by atoms with Gasteiger partial charge in [-0.15, -0.1) is 0 Å². The average molecular weight is 160 g/mol. The zero-order chi connectivity index (χ0) is 8.85. The normalized spacial score (nSPS) is 13.5. The summed E-state index contributed by atoms with van der Waals surface area (Å²) in [7, 11) is 0. The summed E-state index contributed by atoms with van der Waals surface area (Å²) in [5.41, 5.74) is 0. The lowest BCUT2D eigenvalue weighted by Crippen LogP contribution is -2.14. The Morgan fingerprint density at radius 2 is 2.00 bits per heavy atom. The van der Waals surface area contributed by atoms with E-state index in [9.17, 15) is 4.79 Å². The minimum Gasteiger partial charge on any atom is -0.481 e. The van der Waals surface area contributed by atoms with Gasteiger partial charge >= 0.3 is 5.97 Å². The van der Waals surface area contributed by atoms with E-state index in [1.807, 2.05) is 20.8 Å². The topological polar surface area (TPSA) is 46.5 Å². The first-order chi connectivity index (χ1) is 5.02. The van der Waals surface area contributed by atoms with Crippen LogP contribution < -0.4 is 0 Å². The van der Waals surface area contributed by atoms with E-state index in [4.69, 9.17) is 9.84 Å². The SMILES string of the molecule is CC(COC(C)C)CC(=O)O. The van der Waals surface area contributed by atoms with Gasteiger partial charge in [0, 0.05) is 0 Å². The van der Waals surface area contributed by atoms with Crippen molar-refractivity contribution in [2.75, 3.05) is 6.61 Å². The van der Waals surface area contributed by atoms with E-state index in [1.165, 1.54) is 0 Å². The Morgan fingerprint density at radius 3 is 2.36 bits per heavy atom. The Bertz CT molecular complexity index is 121. The van der Waals surface area contributed by atoms with Crippen molar-refractivity contribution >= 4 is 5.97 Å². The van der Waals surface area contributed by atoms with Gasteiger partial charge in [0.2, 0.25) is 0 Å². The molecule has 0 aromatic heterocycles. The van der Waals surface area contributed by atoms with E-state index in [0.29, 0.717) is 6.61 Å². The molecule has 1 unspecified atom stereocenters. The van der Waals surface area contributed by atoms with Crippen LogP contribution in [0.25, 0.3) is 0 Å².